The van der Waals surface area contributed by atoms with E-state index in [9.17, 15) is 4.79 Å². The molecule has 0 aromatic heterocycles. The summed E-state index contributed by atoms with van der Waals surface area (Å²) in [5, 5.41) is 9.17. The zero-order chi connectivity index (χ0) is 11.1. The van der Waals surface area contributed by atoms with Gasteiger partial charge in [0.2, 0.25) is 5.91 Å². The van der Waals surface area contributed by atoms with Gasteiger partial charge in [-0.25, -0.2) is 0 Å². The number of likely N-dealkylation sites (tertiary alicyclic amines) is 1. The molecule has 1 saturated heterocycles. The molecule has 0 aromatic carbocycles. The summed E-state index contributed by atoms with van der Waals surface area (Å²) in [4.78, 5) is 13.8. The van der Waals surface area contributed by atoms with Crippen molar-refractivity contribution in [1.29, 1.82) is 0 Å². The molecule has 1 amide bonds. The normalized spacial score (nSPS) is 37.5. The zero-order valence-corrected chi connectivity index (χ0v) is 9.28. The van der Waals surface area contributed by atoms with Crippen LogP contribution in [0.5, 0.6) is 0 Å². The summed E-state index contributed by atoms with van der Waals surface area (Å²) in [7, 11) is 0. The first kappa shape index (κ1) is 10.9. The molecule has 1 aliphatic heterocycles. The van der Waals surface area contributed by atoms with Crippen LogP contribution in [0.4, 0.5) is 0 Å². The smallest absolute Gasteiger partial charge is 0.242 e. The molecular weight excluding hydrogens is 192 g/mol. The number of carbonyl (C=O) groups excluding carboxylic acids is 1. The lowest BCUT2D eigenvalue weighted by atomic mass is 9.76. The van der Waals surface area contributed by atoms with Crippen molar-refractivity contribution in [3.05, 3.63) is 0 Å². The van der Waals surface area contributed by atoms with Gasteiger partial charge in [-0.2, -0.15) is 0 Å². The highest BCUT2D eigenvalue weighted by atomic mass is 16.3. The van der Waals surface area contributed by atoms with Crippen molar-refractivity contribution in [3.63, 3.8) is 0 Å². The Labute approximate surface area is 90.4 Å². The van der Waals surface area contributed by atoms with Gasteiger partial charge in [-0.05, 0) is 18.8 Å². The van der Waals surface area contributed by atoms with Crippen molar-refractivity contribution in [2.75, 3.05) is 13.1 Å². The van der Waals surface area contributed by atoms with Gasteiger partial charge in [0, 0.05) is 13.1 Å². The first-order chi connectivity index (χ1) is 7.01. The second kappa shape index (κ2) is 3.76. The fourth-order valence-electron chi connectivity index (χ4n) is 2.72. The molecule has 2 rings (SSSR count). The van der Waals surface area contributed by atoms with Crippen molar-refractivity contribution < 1.29 is 9.90 Å². The lowest BCUT2D eigenvalue weighted by Crippen LogP contribution is -2.64. The fourth-order valence-corrected chi connectivity index (χ4v) is 2.72. The molecule has 3 N–H and O–H groups in total. The summed E-state index contributed by atoms with van der Waals surface area (Å²) < 4.78 is 0. The molecular formula is C11H20N2O2. The lowest BCUT2D eigenvalue weighted by Gasteiger charge is -2.44. The van der Waals surface area contributed by atoms with Gasteiger partial charge in [0.15, 0.2) is 0 Å². The van der Waals surface area contributed by atoms with Crippen molar-refractivity contribution >= 4 is 5.91 Å². The van der Waals surface area contributed by atoms with E-state index in [1.54, 1.807) is 4.90 Å². The number of nitrogens with two attached hydrogens (primary N) is 1. The molecule has 4 heteroatoms. The van der Waals surface area contributed by atoms with Crippen LogP contribution in [0.15, 0.2) is 0 Å². The van der Waals surface area contributed by atoms with E-state index in [1.165, 1.54) is 6.42 Å². The predicted octanol–water partition coefficient (Wildman–Crippen LogP) is 0.0971. The number of carbonyl (C=O) groups is 1. The van der Waals surface area contributed by atoms with E-state index < -0.39 is 5.54 Å². The number of nitrogens with zero attached hydrogens (tertiary/aromatic N) is 1. The summed E-state index contributed by atoms with van der Waals surface area (Å²) >= 11 is 0. The summed E-state index contributed by atoms with van der Waals surface area (Å²) in [5.74, 6) is 0.582. The Morgan fingerprint density at radius 1 is 1.53 bits per heavy atom. The maximum atomic E-state index is 12.1. The minimum absolute atomic E-state index is 0.0411. The average molecular weight is 212 g/mol. The van der Waals surface area contributed by atoms with E-state index >= 15 is 0 Å². The average Bonchev–Trinajstić information content (AvgIpc) is 2.11. The third kappa shape index (κ3) is 2.01. The summed E-state index contributed by atoms with van der Waals surface area (Å²) in [6.45, 7) is 3.08. The molecule has 2 aliphatic rings. The molecule has 2 atom stereocenters. The first-order valence-corrected chi connectivity index (χ1v) is 5.77. The highest BCUT2D eigenvalue weighted by molar-refractivity contribution is 5.87. The molecule has 1 saturated carbocycles. The number of hydrogen-bond donors (Lipinski definition) is 2. The van der Waals surface area contributed by atoms with Crippen molar-refractivity contribution in [1.82, 2.24) is 4.90 Å². The van der Waals surface area contributed by atoms with Crippen LogP contribution < -0.4 is 5.73 Å². The molecule has 1 heterocycles. The van der Waals surface area contributed by atoms with Crippen molar-refractivity contribution in [3.8, 4) is 0 Å². The summed E-state index contributed by atoms with van der Waals surface area (Å²) in [5.41, 5.74) is 5.52. The number of rotatable bonds is 1. The van der Waals surface area contributed by atoms with Crippen LogP contribution in [0.1, 0.15) is 32.6 Å². The van der Waals surface area contributed by atoms with Crippen LogP contribution in [0.3, 0.4) is 0 Å². The fraction of sp³-hybridized carbons (Fsp3) is 0.909. The van der Waals surface area contributed by atoms with Crippen LogP contribution in [-0.2, 0) is 4.79 Å². The number of hydrogen-bond acceptors (Lipinski definition) is 3. The van der Waals surface area contributed by atoms with Gasteiger partial charge < -0.3 is 15.7 Å². The Morgan fingerprint density at radius 2 is 2.20 bits per heavy atom. The van der Waals surface area contributed by atoms with Crippen LogP contribution >= 0.6 is 0 Å². The minimum atomic E-state index is -0.655. The Hall–Kier alpha value is -0.610. The molecule has 1 aliphatic carbocycles. The standard InChI is InChI=1S/C11H20N2O2/c1-8-3-2-4-11(12,5-8)10(15)13-6-9(14)7-13/h8-9,14H,2-7,12H2,1H3. The molecule has 0 spiro atoms. The van der Waals surface area contributed by atoms with E-state index in [2.05, 4.69) is 6.92 Å². The van der Waals surface area contributed by atoms with Crippen LogP contribution in [0.25, 0.3) is 0 Å². The van der Waals surface area contributed by atoms with Crippen LogP contribution in [0.2, 0.25) is 0 Å². The van der Waals surface area contributed by atoms with Gasteiger partial charge in [-0.3, -0.25) is 4.79 Å². The van der Waals surface area contributed by atoms with E-state index in [-0.39, 0.29) is 12.0 Å². The number of amides is 1. The van der Waals surface area contributed by atoms with Gasteiger partial charge in [-0.1, -0.05) is 19.8 Å². The Morgan fingerprint density at radius 3 is 2.73 bits per heavy atom. The SMILES string of the molecule is CC1CCCC(N)(C(=O)N2CC(O)C2)C1. The summed E-state index contributed by atoms with van der Waals surface area (Å²) in [6, 6.07) is 0. The summed E-state index contributed by atoms with van der Waals surface area (Å²) in [6.07, 6.45) is 3.47. The van der Waals surface area contributed by atoms with E-state index in [0.29, 0.717) is 19.0 Å². The van der Waals surface area contributed by atoms with E-state index in [4.69, 9.17) is 10.8 Å². The number of aliphatic hydroxyl groups is 1. The Kier molecular flexibility index (Phi) is 2.73. The molecule has 0 bridgehead atoms. The molecule has 86 valence electrons. The maximum absolute atomic E-state index is 12.1. The highest BCUT2D eigenvalue weighted by Gasteiger charge is 2.43. The van der Waals surface area contributed by atoms with E-state index in [1.807, 2.05) is 0 Å². The van der Waals surface area contributed by atoms with Gasteiger partial charge in [-0.15, -0.1) is 0 Å². The monoisotopic (exact) mass is 212 g/mol. The van der Waals surface area contributed by atoms with Crippen molar-refractivity contribution in [2.24, 2.45) is 11.7 Å². The lowest BCUT2D eigenvalue weighted by molar-refractivity contribution is -0.149. The molecule has 0 radical (unpaired) electrons. The second-order valence-corrected chi connectivity index (χ2v) is 5.22. The number of aliphatic hydroxyl groups excluding tert-OH is 1. The van der Waals surface area contributed by atoms with Crippen LogP contribution in [-0.4, -0.2) is 40.6 Å². The quantitative estimate of drug-likeness (QED) is 0.647. The molecule has 0 aromatic rings. The van der Waals surface area contributed by atoms with Crippen LogP contribution in [0, 0.1) is 5.92 Å². The molecule has 2 unspecified atom stereocenters. The van der Waals surface area contributed by atoms with Gasteiger partial charge in [0.1, 0.15) is 0 Å². The molecule has 2 fully saturated rings. The highest BCUT2D eigenvalue weighted by Crippen LogP contribution is 2.32. The van der Waals surface area contributed by atoms with Gasteiger partial charge in [0.05, 0.1) is 11.6 Å². The van der Waals surface area contributed by atoms with Crippen molar-refractivity contribution in [2.45, 2.75) is 44.2 Å². The minimum Gasteiger partial charge on any atom is -0.389 e. The largest absolute Gasteiger partial charge is 0.389 e. The van der Waals surface area contributed by atoms with Gasteiger partial charge >= 0.3 is 0 Å². The molecule has 4 nitrogen and oxygen atoms in total. The first-order valence-electron chi connectivity index (χ1n) is 5.77. The number of β-amino-alcohol motifs (C(OH)–C–C–N with tert-alkyl or cyclic N) is 1. The second-order valence-electron chi connectivity index (χ2n) is 5.22. The van der Waals surface area contributed by atoms with E-state index in [0.717, 1.165) is 19.3 Å². The topological polar surface area (TPSA) is 66.6 Å². The third-order valence-corrected chi connectivity index (χ3v) is 3.61. The molecule has 15 heavy (non-hydrogen) atoms. The van der Waals surface area contributed by atoms with Gasteiger partial charge in [0.25, 0.3) is 0 Å². The third-order valence-electron chi connectivity index (χ3n) is 3.61. The zero-order valence-electron chi connectivity index (χ0n) is 9.28. The predicted molar refractivity (Wildman–Crippen MR) is 57.1 cm³/mol. The Balaban J connectivity index is 1.98. The Bertz CT molecular complexity index is 263. The maximum Gasteiger partial charge on any atom is 0.242 e.